The van der Waals surface area contributed by atoms with Crippen LogP contribution in [0, 0.1) is 12.3 Å². The molecule has 0 amide bonds. The monoisotopic (exact) mass is 285 g/mol. The molecule has 16 heavy (non-hydrogen) atoms. The number of aryl methyl sites for hydroxylation is 2. The quantitative estimate of drug-likeness (QED) is 0.921. The Morgan fingerprint density at radius 1 is 1.56 bits per heavy atom. The SMILES string of the molecule is CNC(C)C1(Cc2c(Br)c(C)nn2C)CC1. The van der Waals surface area contributed by atoms with Gasteiger partial charge in [0.05, 0.1) is 15.9 Å². The summed E-state index contributed by atoms with van der Waals surface area (Å²) < 4.78 is 3.20. The first kappa shape index (κ1) is 12.1. The van der Waals surface area contributed by atoms with Crippen molar-refractivity contribution in [3.8, 4) is 0 Å². The van der Waals surface area contributed by atoms with Gasteiger partial charge in [-0.05, 0) is 61.5 Å². The minimum atomic E-state index is 0.456. The molecular formula is C12H20BrN3. The van der Waals surface area contributed by atoms with Crippen molar-refractivity contribution >= 4 is 15.9 Å². The van der Waals surface area contributed by atoms with Crippen LogP contribution in [-0.2, 0) is 13.5 Å². The summed E-state index contributed by atoms with van der Waals surface area (Å²) in [6.45, 7) is 4.33. The van der Waals surface area contributed by atoms with Crippen LogP contribution < -0.4 is 5.32 Å². The first-order valence-corrected chi connectivity index (χ1v) is 6.65. The lowest BCUT2D eigenvalue weighted by Crippen LogP contribution is -2.33. The molecule has 1 N–H and O–H groups in total. The fraction of sp³-hybridized carbons (Fsp3) is 0.750. The molecule has 3 nitrogen and oxygen atoms in total. The van der Waals surface area contributed by atoms with E-state index in [1.807, 2.05) is 18.8 Å². The Morgan fingerprint density at radius 3 is 2.56 bits per heavy atom. The van der Waals surface area contributed by atoms with E-state index < -0.39 is 0 Å². The fourth-order valence-electron chi connectivity index (χ4n) is 2.44. The summed E-state index contributed by atoms with van der Waals surface area (Å²) in [5, 5.41) is 7.85. The molecule has 1 aliphatic carbocycles. The molecule has 1 heterocycles. The molecule has 90 valence electrons. The first-order valence-electron chi connectivity index (χ1n) is 5.85. The zero-order valence-electron chi connectivity index (χ0n) is 10.5. The van der Waals surface area contributed by atoms with E-state index in [-0.39, 0.29) is 0 Å². The minimum absolute atomic E-state index is 0.456. The number of rotatable bonds is 4. The van der Waals surface area contributed by atoms with Crippen LogP contribution in [-0.4, -0.2) is 22.9 Å². The summed E-state index contributed by atoms with van der Waals surface area (Å²) in [5.41, 5.74) is 2.87. The zero-order chi connectivity index (χ0) is 11.9. The van der Waals surface area contributed by atoms with E-state index in [2.05, 4.69) is 40.2 Å². The molecule has 0 aliphatic heterocycles. The van der Waals surface area contributed by atoms with Crippen molar-refractivity contribution in [3.63, 3.8) is 0 Å². The molecule has 0 bridgehead atoms. The Morgan fingerprint density at radius 2 is 2.19 bits per heavy atom. The highest BCUT2D eigenvalue weighted by Gasteiger charge is 2.47. The third kappa shape index (κ3) is 1.93. The number of nitrogens with zero attached hydrogens (tertiary/aromatic N) is 2. The molecule has 1 aromatic rings. The van der Waals surface area contributed by atoms with Crippen molar-refractivity contribution in [2.24, 2.45) is 12.5 Å². The van der Waals surface area contributed by atoms with E-state index in [0.29, 0.717) is 11.5 Å². The van der Waals surface area contributed by atoms with Crippen LogP contribution in [0.2, 0.25) is 0 Å². The second kappa shape index (κ2) is 4.15. The van der Waals surface area contributed by atoms with Crippen LogP contribution in [0.25, 0.3) is 0 Å². The lowest BCUT2D eigenvalue weighted by Gasteiger charge is -2.23. The van der Waals surface area contributed by atoms with Crippen LogP contribution >= 0.6 is 15.9 Å². The largest absolute Gasteiger partial charge is 0.317 e. The summed E-state index contributed by atoms with van der Waals surface area (Å²) in [4.78, 5) is 0. The number of aromatic nitrogens is 2. The molecule has 1 aromatic heterocycles. The Labute approximate surface area is 106 Å². The second-order valence-electron chi connectivity index (χ2n) is 5.02. The van der Waals surface area contributed by atoms with Gasteiger partial charge in [0, 0.05) is 13.1 Å². The van der Waals surface area contributed by atoms with Crippen LogP contribution in [0.4, 0.5) is 0 Å². The van der Waals surface area contributed by atoms with Gasteiger partial charge in [0.25, 0.3) is 0 Å². The van der Waals surface area contributed by atoms with Gasteiger partial charge in [0.2, 0.25) is 0 Å². The predicted molar refractivity (Wildman–Crippen MR) is 69.5 cm³/mol. The number of nitrogens with one attached hydrogen (secondary N) is 1. The molecular weight excluding hydrogens is 266 g/mol. The molecule has 1 unspecified atom stereocenters. The van der Waals surface area contributed by atoms with Crippen LogP contribution in [0.15, 0.2) is 4.47 Å². The van der Waals surface area contributed by atoms with Crippen molar-refractivity contribution in [3.05, 3.63) is 15.9 Å². The normalized spacial score (nSPS) is 19.8. The van der Waals surface area contributed by atoms with Gasteiger partial charge < -0.3 is 5.32 Å². The molecule has 1 fully saturated rings. The molecule has 1 aliphatic rings. The summed E-state index contributed by atoms with van der Waals surface area (Å²) in [5.74, 6) is 0. The number of halogens is 1. The van der Waals surface area contributed by atoms with E-state index in [0.717, 1.165) is 12.1 Å². The van der Waals surface area contributed by atoms with Gasteiger partial charge in [-0.1, -0.05) is 0 Å². The van der Waals surface area contributed by atoms with E-state index in [9.17, 15) is 0 Å². The second-order valence-corrected chi connectivity index (χ2v) is 5.81. The lowest BCUT2D eigenvalue weighted by molar-refractivity contribution is 0.361. The van der Waals surface area contributed by atoms with Gasteiger partial charge in [-0.25, -0.2) is 0 Å². The molecule has 0 spiro atoms. The predicted octanol–water partition coefficient (Wildman–Crippen LogP) is 2.42. The highest BCUT2D eigenvalue weighted by Crippen LogP contribution is 2.51. The van der Waals surface area contributed by atoms with Gasteiger partial charge >= 0.3 is 0 Å². The third-order valence-corrected chi connectivity index (χ3v) is 5.06. The number of hydrogen-bond acceptors (Lipinski definition) is 2. The highest BCUT2D eigenvalue weighted by molar-refractivity contribution is 9.10. The summed E-state index contributed by atoms with van der Waals surface area (Å²) in [6.07, 6.45) is 3.77. The van der Waals surface area contributed by atoms with Gasteiger partial charge in [0.1, 0.15) is 0 Å². The van der Waals surface area contributed by atoms with Crippen molar-refractivity contribution in [2.45, 2.75) is 39.2 Å². The maximum atomic E-state index is 4.46. The first-order chi connectivity index (χ1) is 7.50. The average Bonchev–Trinajstić information content (AvgIpc) is 2.99. The van der Waals surface area contributed by atoms with Gasteiger partial charge in [-0.15, -0.1) is 0 Å². The van der Waals surface area contributed by atoms with Crippen LogP contribution in [0.5, 0.6) is 0 Å². The summed E-state index contributed by atoms with van der Waals surface area (Å²) >= 11 is 3.65. The van der Waals surface area contributed by atoms with Crippen molar-refractivity contribution in [2.75, 3.05) is 7.05 Å². The molecule has 1 atom stereocenters. The Hall–Kier alpha value is -0.350. The number of hydrogen-bond donors (Lipinski definition) is 1. The molecule has 2 rings (SSSR count). The third-order valence-electron chi connectivity index (χ3n) is 4.02. The van der Waals surface area contributed by atoms with E-state index in [4.69, 9.17) is 0 Å². The zero-order valence-corrected chi connectivity index (χ0v) is 12.1. The maximum absolute atomic E-state index is 4.46. The van der Waals surface area contributed by atoms with Crippen LogP contribution in [0.3, 0.4) is 0 Å². The van der Waals surface area contributed by atoms with Crippen molar-refractivity contribution in [1.29, 1.82) is 0 Å². The summed E-state index contributed by atoms with van der Waals surface area (Å²) in [6, 6.07) is 0.578. The average molecular weight is 286 g/mol. The summed E-state index contributed by atoms with van der Waals surface area (Å²) in [7, 11) is 4.08. The smallest absolute Gasteiger partial charge is 0.0738 e. The topological polar surface area (TPSA) is 29.9 Å². The van der Waals surface area contributed by atoms with Gasteiger partial charge in [-0.3, -0.25) is 4.68 Å². The van der Waals surface area contributed by atoms with Gasteiger partial charge in [0.15, 0.2) is 0 Å². The molecule has 4 heteroatoms. The Balaban J connectivity index is 2.21. The van der Waals surface area contributed by atoms with E-state index in [1.54, 1.807) is 0 Å². The Bertz CT molecular complexity index is 393. The van der Waals surface area contributed by atoms with Crippen molar-refractivity contribution in [1.82, 2.24) is 15.1 Å². The van der Waals surface area contributed by atoms with Crippen LogP contribution in [0.1, 0.15) is 31.2 Å². The van der Waals surface area contributed by atoms with Gasteiger partial charge in [-0.2, -0.15) is 5.10 Å². The maximum Gasteiger partial charge on any atom is 0.0738 e. The molecule has 0 aromatic carbocycles. The van der Waals surface area contributed by atoms with E-state index in [1.165, 1.54) is 23.0 Å². The Kier molecular flexibility index (Phi) is 3.14. The minimum Gasteiger partial charge on any atom is -0.317 e. The molecule has 0 saturated heterocycles. The highest BCUT2D eigenvalue weighted by atomic mass is 79.9. The fourth-order valence-corrected chi connectivity index (χ4v) is 2.91. The van der Waals surface area contributed by atoms with Crippen molar-refractivity contribution < 1.29 is 0 Å². The van der Waals surface area contributed by atoms with E-state index >= 15 is 0 Å². The lowest BCUT2D eigenvalue weighted by atomic mass is 9.92. The molecule has 1 saturated carbocycles. The molecule has 0 radical (unpaired) electrons. The standard InChI is InChI=1S/C12H20BrN3/c1-8-11(13)10(16(4)15-8)7-12(5-6-12)9(2)14-3/h9,14H,5-7H2,1-4H3.